The van der Waals surface area contributed by atoms with E-state index in [4.69, 9.17) is 9.52 Å². The number of hydrogen-bond acceptors (Lipinski definition) is 4. The van der Waals surface area contributed by atoms with Crippen molar-refractivity contribution in [2.24, 2.45) is 0 Å². The van der Waals surface area contributed by atoms with E-state index in [1.807, 2.05) is 0 Å². The predicted molar refractivity (Wildman–Crippen MR) is 50.5 cm³/mol. The normalized spacial score (nSPS) is 10.0. The number of amides is 1. The molecule has 1 N–H and O–H groups in total. The molecule has 0 bridgehead atoms. The van der Waals surface area contributed by atoms with Crippen LogP contribution in [-0.2, 0) is 4.79 Å². The van der Waals surface area contributed by atoms with E-state index >= 15 is 0 Å². The molecule has 15 heavy (non-hydrogen) atoms. The van der Waals surface area contributed by atoms with Gasteiger partial charge in [0.15, 0.2) is 12.1 Å². The second kappa shape index (κ2) is 4.59. The minimum Gasteiger partial charge on any atom is -0.481 e. The van der Waals surface area contributed by atoms with E-state index < -0.39 is 5.97 Å². The molecule has 1 amide bonds. The molecule has 0 aliphatic carbocycles. The molecule has 1 rings (SSSR count). The molecule has 1 aromatic heterocycles. The van der Waals surface area contributed by atoms with E-state index in [-0.39, 0.29) is 24.6 Å². The van der Waals surface area contributed by atoms with Crippen molar-refractivity contribution in [2.75, 3.05) is 13.6 Å². The number of carboxylic acid groups (broad SMARTS) is 1. The van der Waals surface area contributed by atoms with E-state index in [1.54, 1.807) is 6.92 Å². The highest BCUT2D eigenvalue weighted by molar-refractivity contribution is 5.93. The topological polar surface area (TPSA) is 83.6 Å². The highest BCUT2D eigenvalue weighted by Crippen LogP contribution is 2.07. The van der Waals surface area contributed by atoms with Gasteiger partial charge in [0, 0.05) is 13.6 Å². The van der Waals surface area contributed by atoms with E-state index in [1.165, 1.54) is 18.3 Å². The molecule has 0 aliphatic rings. The van der Waals surface area contributed by atoms with Gasteiger partial charge in [-0.1, -0.05) is 0 Å². The summed E-state index contributed by atoms with van der Waals surface area (Å²) in [5.74, 6) is -0.837. The van der Waals surface area contributed by atoms with Gasteiger partial charge >= 0.3 is 5.97 Å². The number of carbonyl (C=O) groups excluding carboxylic acids is 1. The maximum absolute atomic E-state index is 11.6. The highest BCUT2D eigenvalue weighted by Gasteiger charge is 2.18. The maximum atomic E-state index is 11.6. The number of oxazole rings is 1. The zero-order chi connectivity index (χ0) is 11.4. The van der Waals surface area contributed by atoms with Gasteiger partial charge in [0.2, 0.25) is 0 Å². The Bertz CT molecular complexity index is 372. The third kappa shape index (κ3) is 2.80. The summed E-state index contributed by atoms with van der Waals surface area (Å²) in [6.45, 7) is 1.78. The van der Waals surface area contributed by atoms with Crippen molar-refractivity contribution in [3.8, 4) is 0 Å². The molecule has 6 nitrogen and oxygen atoms in total. The van der Waals surface area contributed by atoms with Gasteiger partial charge in [-0.2, -0.15) is 0 Å². The van der Waals surface area contributed by atoms with Gasteiger partial charge in [-0.3, -0.25) is 9.59 Å². The first-order chi connectivity index (χ1) is 7.02. The minimum absolute atomic E-state index is 0.0842. The zero-order valence-corrected chi connectivity index (χ0v) is 8.56. The van der Waals surface area contributed by atoms with Crippen LogP contribution in [0, 0.1) is 6.92 Å². The number of hydrogen-bond donors (Lipinski definition) is 1. The molecule has 0 saturated carbocycles. The number of rotatable bonds is 4. The summed E-state index contributed by atoms with van der Waals surface area (Å²) in [5, 5.41) is 8.46. The molecule has 0 aromatic carbocycles. The molecular weight excluding hydrogens is 200 g/mol. The van der Waals surface area contributed by atoms with Crippen LogP contribution in [0.5, 0.6) is 0 Å². The van der Waals surface area contributed by atoms with Crippen LogP contribution in [0.25, 0.3) is 0 Å². The minimum atomic E-state index is -0.938. The largest absolute Gasteiger partial charge is 0.481 e. The van der Waals surface area contributed by atoms with Crippen molar-refractivity contribution in [1.29, 1.82) is 0 Å². The Morgan fingerprint density at radius 2 is 2.27 bits per heavy atom. The Hall–Kier alpha value is -1.85. The highest BCUT2D eigenvalue weighted by atomic mass is 16.4. The molecule has 0 radical (unpaired) electrons. The van der Waals surface area contributed by atoms with Crippen LogP contribution in [0.2, 0.25) is 0 Å². The van der Waals surface area contributed by atoms with Crippen molar-refractivity contribution in [2.45, 2.75) is 13.3 Å². The molecule has 1 heterocycles. The summed E-state index contributed by atoms with van der Waals surface area (Å²) >= 11 is 0. The maximum Gasteiger partial charge on any atom is 0.305 e. The van der Waals surface area contributed by atoms with E-state index in [2.05, 4.69) is 4.98 Å². The number of nitrogens with zero attached hydrogens (tertiary/aromatic N) is 2. The molecule has 0 saturated heterocycles. The van der Waals surface area contributed by atoms with Gasteiger partial charge in [-0.05, 0) is 6.92 Å². The summed E-state index contributed by atoms with van der Waals surface area (Å²) in [5.41, 5.74) is 0.225. The lowest BCUT2D eigenvalue weighted by atomic mass is 10.3. The lowest BCUT2D eigenvalue weighted by Crippen LogP contribution is -2.29. The van der Waals surface area contributed by atoms with Crippen LogP contribution in [0.1, 0.15) is 22.7 Å². The second-order valence-corrected chi connectivity index (χ2v) is 3.13. The fourth-order valence-corrected chi connectivity index (χ4v) is 1.06. The Morgan fingerprint density at radius 3 is 2.73 bits per heavy atom. The van der Waals surface area contributed by atoms with Crippen LogP contribution in [-0.4, -0.2) is 40.5 Å². The number of aliphatic carboxylic acids is 1. The molecule has 0 fully saturated rings. The standard InChI is InChI=1S/C9H12N2O4/c1-6-8(10-5-15-6)9(14)11(2)4-3-7(12)13/h5H,3-4H2,1-2H3,(H,12,13). The van der Waals surface area contributed by atoms with E-state index in [0.29, 0.717) is 5.76 Å². The molecule has 0 spiro atoms. The molecule has 82 valence electrons. The first kappa shape index (κ1) is 11.2. The van der Waals surface area contributed by atoms with Gasteiger partial charge in [-0.25, -0.2) is 4.98 Å². The van der Waals surface area contributed by atoms with Crippen LogP contribution < -0.4 is 0 Å². The lowest BCUT2D eigenvalue weighted by molar-refractivity contribution is -0.137. The first-order valence-corrected chi connectivity index (χ1v) is 4.39. The van der Waals surface area contributed by atoms with Crippen molar-refractivity contribution < 1.29 is 19.1 Å². The molecular formula is C9H12N2O4. The van der Waals surface area contributed by atoms with Gasteiger partial charge in [0.25, 0.3) is 5.91 Å². The van der Waals surface area contributed by atoms with Crippen molar-refractivity contribution in [3.63, 3.8) is 0 Å². The summed E-state index contributed by atoms with van der Waals surface area (Å²) in [6.07, 6.45) is 1.10. The first-order valence-electron chi connectivity index (χ1n) is 4.39. The van der Waals surface area contributed by atoms with Gasteiger partial charge in [0.05, 0.1) is 6.42 Å². The summed E-state index contributed by atoms with van der Waals surface area (Å²) in [6, 6.07) is 0. The monoisotopic (exact) mass is 212 g/mol. The summed E-state index contributed by atoms with van der Waals surface area (Å²) < 4.78 is 4.89. The second-order valence-electron chi connectivity index (χ2n) is 3.13. The molecule has 1 aromatic rings. The fourth-order valence-electron chi connectivity index (χ4n) is 1.06. The third-order valence-electron chi connectivity index (χ3n) is 1.96. The number of aromatic nitrogens is 1. The molecule has 0 atom stereocenters. The zero-order valence-electron chi connectivity index (χ0n) is 8.56. The molecule has 6 heteroatoms. The van der Waals surface area contributed by atoms with Crippen LogP contribution in [0.4, 0.5) is 0 Å². The lowest BCUT2D eigenvalue weighted by Gasteiger charge is -2.14. The van der Waals surface area contributed by atoms with Gasteiger partial charge < -0.3 is 14.4 Å². The van der Waals surface area contributed by atoms with Gasteiger partial charge in [0.1, 0.15) is 5.76 Å². The molecule has 0 unspecified atom stereocenters. The predicted octanol–water partition coefficient (Wildman–Crippen LogP) is 0.530. The van der Waals surface area contributed by atoms with E-state index in [9.17, 15) is 9.59 Å². The number of aryl methyl sites for hydroxylation is 1. The third-order valence-corrected chi connectivity index (χ3v) is 1.96. The Kier molecular flexibility index (Phi) is 3.43. The SMILES string of the molecule is Cc1ocnc1C(=O)N(C)CCC(=O)O. The van der Waals surface area contributed by atoms with Gasteiger partial charge in [-0.15, -0.1) is 0 Å². The van der Waals surface area contributed by atoms with Crippen LogP contribution >= 0.6 is 0 Å². The smallest absolute Gasteiger partial charge is 0.305 e. The molecule has 0 aliphatic heterocycles. The van der Waals surface area contributed by atoms with Crippen molar-refractivity contribution in [1.82, 2.24) is 9.88 Å². The van der Waals surface area contributed by atoms with Crippen molar-refractivity contribution in [3.05, 3.63) is 17.8 Å². The Morgan fingerprint density at radius 1 is 1.60 bits per heavy atom. The summed E-state index contributed by atoms with van der Waals surface area (Å²) in [7, 11) is 1.53. The van der Waals surface area contributed by atoms with Crippen molar-refractivity contribution >= 4 is 11.9 Å². The van der Waals surface area contributed by atoms with E-state index in [0.717, 1.165) is 0 Å². The average molecular weight is 212 g/mol. The van der Waals surface area contributed by atoms with Crippen LogP contribution in [0.15, 0.2) is 10.8 Å². The van der Waals surface area contributed by atoms with Crippen LogP contribution in [0.3, 0.4) is 0 Å². The number of carboxylic acids is 1. The quantitative estimate of drug-likeness (QED) is 0.787. The fraction of sp³-hybridized carbons (Fsp3) is 0.444. The average Bonchev–Trinajstić information content (AvgIpc) is 2.59. The number of carbonyl (C=O) groups is 2. The Balaban J connectivity index is 2.61. The Labute approximate surface area is 86.5 Å². The summed E-state index contributed by atoms with van der Waals surface area (Å²) in [4.78, 5) is 27.0.